The van der Waals surface area contributed by atoms with E-state index in [1.165, 1.54) is 42.4 Å². The molecule has 1 aliphatic carbocycles. The minimum atomic E-state index is -0.170. The lowest BCUT2D eigenvalue weighted by Gasteiger charge is -2.22. The van der Waals surface area contributed by atoms with Crippen LogP contribution in [0.15, 0.2) is 18.2 Å². The van der Waals surface area contributed by atoms with E-state index in [0.29, 0.717) is 0 Å². The standard InChI is InChI=1S/C16H24N2O/c1-11(18-12(2)16(19)17-3)14-9-8-13-6-4-5-7-15(13)10-14/h8-12,18H,4-7H2,1-3H3,(H,17,19)/t11-,12+/m0/s1. The average molecular weight is 260 g/mol. The maximum absolute atomic E-state index is 11.5. The molecule has 1 aromatic rings. The van der Waals surface area contributed by atoms with E-state index >= 15 is 0 Å². The SMILES string of the molecule is CNC(=O)[C@@H](C)N[C@@H](C)c1ccc2c(c1)CCCC2. The molecule has 0 heterocycles. The van der Waals surface area contributed by atoms with Crippen molar-refractivity contribution in [2.24, 2.45) is 0 Å². The van der Waals surface area contributed by atoms with E-state index in [4.69, 9.17) is 0 Å². The molecule has 19 heavy (non-hydrogen) atoms. The second-order valence-electron chi connectivity index (χ2n) is 5.46. The molecule has 3 nitrogen and oxygen atoms in total. The molecule has 1 aromatic carbocycles. The van der Waals surface area contributed by atoms with Crippen LogP contribution in [0.1, 0.15) is 49.4 Å². The quantitative estimate of drug-likeness (QED) is 0.872. The van der Waals surface area contributed by atoms with E-state index in [1.807, 2.05) is 6.92 Å². The predicted octanol–water partition coefficient (Wildman–Crippen LogP) is 2.35. The van der Waals surface area contributed by atoms with Crippen LogP contribution in [0, 0.1) is 0 Å². The van der Waals surface area contributed by atoms with Crippen molar-refractivity contribution in [2.45, 2.75) is 51.6 Å². The molecule has 1 amide bonds. The van der Waals surface area contributed by atoms with Crippen molar-refractivity contribution in [1.29, 1.82) is 0 Å². The Morgan fingerprint density at radius 1 is 1.16 bits per heavy atom. The molecule has 0 bridgehead atoms. The van der Waals surface area contributed by atoms with Crippen molar-refractivity contribution in [3.05, 3.63) is 34.9 Å². The van der Waals surface area contributed by atoms with Gasteiger partial charge in [0.15, 0.2) is 0 Å². The van der Waals surface area contributed by atoms with Gasteiger partial charge in [-0.2, -0.15) is 0 Å². The molecule has 2 rings (SSSR count). The normalized spacial score (nSPS) is 17.4. The lowest BCUT2D eigenvalue weighted by Crippen LogP contribution is -2.41. The number of rotatable bonds is 4. The number of benzene rings is 1. The first-order valence-corrected chi connectivity index (χ1v) is 7.21. The van der Waals surface area contributed by atoms with Gasteiger partial charge in [-0.1, -0.05) is 18.2 Å². The van der Waals surface area contributed by atoms with Crippen molar-refractivity contribution >= 4 is 5.91 Å². The summed E-state index contributed by atoms with van der Waals surface area (Å²) in [4.78, 5) is 11.5. The molecular formula is C16H24N2O. The van der Waals surface area contributed by atoms with Crippen LogP contribution in [0.5, 0.6) is 0 Å². The minimum Gasteiger partial charge on any atom is -0.358 e. The third-order valence-electron chi connectivity index (χ3n) is 4.01. The summed E-state index contributed by atoms with van der Waals surface area (Å²) in [5.41, 5.74) is 4.27. The predicted molar refractivity (Wildman–Crippen MR) is 78.2 cm³/mol. The summed E-state index contributed by atoms with van der Waals surface area (Å²) < 4.78 is 0. The van der Waals surface area contributed by atoms with E-state index in [9.17, 15) is 4.79 Å². The van der Waals surface area contributed by atoms with Gasteiger partial charge >= 0.3 is 0 Å². The average Bonchev–Trinajstić information content (AvgIpc) is 2.45. The van der Waals surface area contributed by atoms with Gasteiger partial charge in [0.2, 0.25) is 5.91 Å². The highest BCUT2D eigenvalue weighted by Crippen LogP contribution is 2.24. The molecule has 0 unspecified atom stereocenters. The van der Waals surface area contributed by atoms with Crippen LogP contribution < -0.4 is 10.6 Å². The number of hydrogen-bond acceptors (Lipinski definition) is 2. The maximum Gasteiger partial charge on any atom is 0.236 e. The Balaban J connectivity index is 2.07. The maximum atomic E-state index is 11.5. The Morgan fingerprint density at radius 2 is 1.84 bits per heavy atom. The number of fused-ring (bicyclic) bond motifs is 1. The molecule has 104 valence electrons. The Bertz CT molecular complexity index is 456. The molecule has 0 aromatic heterocycles. The van der Waals surface area contributed by atoms with E-state index in [2.05, 4.69) is 35.8 Å². The van der Waals surface area contributed by atoms with Gasteiger partial charge in [-0.25, -0.2) is 0 Å². The zero-order valence-electron chi connectivity index (χ0n) is 12.1. The third-order valence-corrected chi connectivity index (χ3v) is 4.01. The fourth-order valence-corrected chi connectivity index (χ4v) is 2.79. The third kappa shape index (κ3) is 3.35. The number of hydrogen-bond donors (Lipinski definition) is 2. The van der Waals surface area contributed by atoms with Gasteiger partial charge in [0.05, 0.1) is 6.04 Å². The van der Waals surface area contributed by atoms with Crippen LogP contribution in [0.2, 0.25) is 0 Å². The topological polar surface area (TPSA) is 41.1 Å². The number of amides is 1. The van der Waals surface area contributed by atoms with Gasteiger partial charge in [-0.05, 0) is 56.2 Å². The zero-order valence-corrected chi connectivity index (χ0v) is 12.1. The summed E-state index contributed by atoms with van der Waals surface area (Å²) in [6.45, 7) is 4.01. The summed E-state index contributed by atoms with van der Waals surface area (Å²) in [6, 6.07) is 6.78. The first-order chi connectivity index (χ1) is 9.11. The van der Waals surface area contributed by atoms with Crippen LogP contribution in [0.4, 0.5) is 0 Å². The van der Waals surface area contributed by atoms with E-state index in [1.54, 1.807) is 7.05 Å². The van der Waals surface area contributed by atoms with Crippen molar-refractivity contribution in [2.75, 3.05) is 7.05 Å². The van der Waals surface area contributed by atoms with Crippen molar-refractivity contribution in [1.82, 2.24) is 10.6 Å². The Hall–Kier alpha value is -1.35. The highest BCUT2D eigenvalue weighted by Gasteiger charge is 2.16. The molecule has 2 atom stereocenters. The molecule has 3 heteroatoms. The summed E-state index contributed by atoms with van der Waals surface area (Å²) in [6.07, 6.45) is 5.02. The second kappa shape index (κ2) is 6.20. The minimum absolute atomic E-state index is 0.0322. The van der Waals surface area contributed by atoms with Gasteiger partial charge in [-0.3, -0.25) is 10.1 Å². The van der Waals surface area contributed by atoms with E-state index < -0.39 is 0 Å². The highest BCUT2D eigenvalue weighted by molar-refractivity contribution is 5.80. The number of nitrogens with one attached hydrogen (secondary N) is 2. The Morgan fingerprint density at radius 3 is 2.53 bits per heavy atom. The molecule has 0 saturated heterocycles. The van der Waals surface area contributed by atoms with Crippen LogP contribution >= 0.6 is 0 Å². The number of likely N-dealkylation sites (N-methyl/N-ethyl adjacent to an activating group) is 1. The lowest BCUT2D eigenvalue weighted by atomic mass is 9.89. The van der Waals surface area contributed by atoms with Crippen LogP contribution in [0.3, 0.4) is 0 Å². The molecule has 1 aliphatic rings. The van der Waals surface area contributed by atoms with Crippen molar-refractivity contribution in [3.8, 4) is 0 Å². The molecule has 0 aliphatic heterocycles. The zero-order chi connectivity index (χ0) is 13.8. The molecule has 0 radical (unpaired) electrons. The molecule has 2 N–H and O–H groups in total. The van der Waals surface area contributed by atoms with Crippen molar-refractivity contribution < 1.29 is 4.79 Å². The Kier molecular flexibility index (Phi) is 4.59. The summed E-state index contributed by atoms with van der Waals surface area (Å²) >= 11 is 0. The van der Waals surface area contributed by atoms with Crippen LogP contribution in [0.25, 0.3) is 0 Å². The fraction of sp³-hybridized carbons (Fsp3) is 0.562. The van der Waals surface area contributed by atoms with Gasteiger partial charge < -0.3 is 5.32 Å². The highest BCUT2D eigenvalue weighted by atomic mass is 16.2. The monoisotopic (exact) mass is 260 g/mol. The first kappa shape index (κ1) is 14.1. The molecule has 0 fully saturated rings. The summed E-state index contributed by atoms with van der Waals surface area (Å²) in [5.74, 6) is 0.0322. The van der Waals surface area contributed by atoms with Crippen LogP contribution in [-0.4, -0.2) is 19.0 Å². The number of carbonyl (C=O) groups excluding carboxylic acids is 1. The Labute approximate surface area is 115 Å². The van der Waals surface area contributed by atoms with E-state index in [0.717, 1.165) is 0 Å². The second-order valence-corrected chi connectivity index (χ2v) is 5.46. The van der Waals surface area contributed by atoms with Gasteiger partial charge in [0.1, 0.15) is 0 Å². The molecule has 0 spiro atoms. The summed E-state index contributed by atoms with van der Waals surface area (Å²) in [7, 11) is 1.67. The summed E-state index contributed by atoms with van der Waals surface area (Å²) in [5, 5.41) is 6.01. The smallest absolute Gasteiger partial charge is 0.236 e. The molecule has 0 saturated carbocycles. The molecular weight excluding hydrogens is 236 g/mol. The van der Waals surface area contributed by atoms with Gasteiger partial charge in [0.25, 0.3) is 0 Å². The van der Waals surface area contributed by atoms with Gasteiger partial charge in [-0.15, -0.1) is 0 Å². The largest absolute Gasteiger partial charge is 0.358 e. The fourth-order valence-electron chi connectivity index (χ4n) is 2.79. The number of aryl methyl sites for hydroxylation is 2. The van der Waals surface area contributed by atoms with E-state index in [-0.39, 0.29) is 18.0 Å². The van der Waals surface area contributed by atoms with Gasteiger partial charge in [0, 0.05) is 13.1 Å². The lowest BCUT2D eigenvalue weighted by molar-refractivity contribution is -0.122. The first-order valence-electron chi connectivity index (χ1n) is 7.21. The van der Waals surface area contributed by atoms with Crippen molar-refractivity contribution in [3.63, 3.8) is 0 Å². The van der Waals surface area contributed by atoms with Crippen LogP contribution in [-0.2, 0) is 17.6 Å². The number of carbonyl (C=O) groups is 1.